The summed E-state index contributed by atoms with van der Waals surface area (Å²) in [5.41, 5.74) is -2.33. The van der Waals surface area contributed by atoms with E-state index in [9.17, 15) is 0 Å². The fraction of sp³-hybridized carbons (Fsp3) is 0.167. The summed E-state index contributed by atoms with van der Waals surface area (Å²) in [5.74, 6) is 0. The first-order chi connectivity index (χ1) is 5.00. The highest BCUT2D eigenvalue weighted by atomic mass is 79.9. The molecule has 0 aliphatic rings. The van der Waals surface area contributed by atoms with Gasteiger partial charge < -0.3 is 10.2 Å². The van der Waals surface area contributed by atoms with Crippen molar-refractivity contribution in [3.63, 3.8) is 0 Å². The fourth-order valence-electron chi connectivity index (χ4n) is 0.593. The first-order valence-corrected chi connectivity index (χ1v) is 3.65. The monoisotopic (exact) mass is 213 g/mol. The number of nitrogens with zero attached hydrogens (tertiary/aromatic N) is 1. The second-order valence-electron chi connectivity index (χ2n) is 2.09. The Labute approximate surface area is 73.6 Å². The molecule has 1 aromatic rings. The second-order valence-corrected chi connectivity index (χ2v) is 3.00. The summed E-state index contributed by atoms with van der Waals surface area (Å²) >= 11 is 3.15. The van der Waals surface area contributed by atoms with Crippen LogP contribution >= 0.6 is 15.9 Å². The second kappa shape index (κ2) is 2.93. The van der Waals surface area contributed by atoms with Crippen molar-refractivity contribution in [2.24, 2.45) is 0 Å². The summed E-state index contributed by atoms with van der Waals surface area (Å²) in [6, 6.07) is 3.04. The molecule has 0 aliphatic heterocycles. The lowest BCUT2D eigenvalue weighted by atomic mass is 9.91. The van der Waals surface area contributed by atoms with Crippen molar-refractivity contribution in [2.75, 3.05) is 0 Å². The first-order valence-electron chi connectivity index (χ1n) is 2.86. The zero-order valence-electron chi connectivity index (χ0n) is 5.53. The van der Waals surface area contributed by atoms with Crippen LogP contribution in [0, 0.1) is 0 Å². The van der Waals surface area contributed by atoms with E-state index in [1.807, 2.05) is 0 Å². The smallest absolute Gasteiger partial charge is 0.163 e. The van der Waals surface area contributed by atoms with Gasteiger partial charge in [0.1, 0.15) is 0 Å². The quantitative estimate of drug-likeness (QED) is 0.515. The highest BCUT2D eigenvalue weighted by Gasteiger charge is 2.18. The zero-order valence-corrected chi connectivity index (χ0v) is 7.12. The van der Waals surface area contributed by atoms with Gasteiger partial charge in [-0.1, -0.05) is 0 Å². The molecule has 0 bridgehead atoms. The lowest BCUT2D eigenvalue weighted by Gasteiger charge is -2.14. The number of hydrogen-bond acceptors (Lipinski definition) is 3. The third kappa shape index (κ3) is 2.29. The molecule has 0 atom stereocenters. The van der Waals surface area contributed by atoms with Gasteiger partial charge in [-0.25, -0.2) is 0 Å². The number of hydrogen-bond donors (Lipinski definition) is 2. The Kier molecular flexibility index (Phi) is 2.32. The third-order valence-corrected chi connectivity index (χ3v) is 1.57. The minimum Gasteiger partial charge on any atom is -0.369 e. The SMILES string of the molecule is [B]C(O)(O)c1ccc(Br)cn1. The Balaban J connectivity index is 2.99. The molecule has 0 saturated carbocycles. The molecule has 0 amide bonds. The van der Waals surface area contributed by atoms with E-state index >= 15 is 0 Å². The molecule has 0 aromatic carbocycles. The molecule has 2 N–H and O–H groups in total. The van der Waals surface area contributed by atoms with E-state index in [0.29, 0.717) is 0 Å². The normalized spacial score (nSPS) is 11.5. The van der Waals surface area contributed by atoms with Crippen molar-refractivity contribution >= 4 is 23.8 Å². The summed E-state index contributed by atoms with van der Waals surface area (Å²) < 4.78 is 0.755. The maximum absolute atomic E-state index is 8.84. The predicted octanol–water partition coefficient (Wildman–Crippen LogP) is 0.107. The van der Waals surface area contributed by atoms with Crippen molar-refractivity contribution in [3.05, 3.63) is 28.5 Å². The van der Waals surface area contributed by atoms with E-state index in [-0.39, 0.29) is 5.69 Å². The molecule has 0 saturated heterocycles. The maximum atomic E-state index is 8.84. The van der Waals surface area contributed by atoms with Crippen LogP contribution in [0.4, 0.5) is 0 Å². The van der Waals surface area contributed by atoms with Gasteiger partial charge >= 0.3 is 0 Å². The first kappa shape index (κ1) is 8.71. The van der Waals surface area contributed by atoms with Gasteiger partial charge in [0, 0.05) is 10.7 Å². The Morgan fingerprint density at radius 3 is 2.45 bits per heavy atom. The summed E-state index contributed by atoms with van der Waals surface area (Å²) in [7, 11) is 4.94. The van der Waals surface area contributed by atoms with E-state index in [4.69, 9.17) is 18.1 Å². The van der Waals surface area contributed by atoms with Gasteiger partial charge in [0.05, 0.1) is 5.69 Å². The number of aromatic nitrogens is 1. The van der Waals surface area contributed by atoms with Crippen LogP contribution in [0.3, 0.4) is 0 Å². The topological polar surface area (TPSA) is 53.4 Å². The average Bonchev–Trinajstić information content (AvgIpc) is 1.86. The van der Waals surface area contributed by atoms with Crippen molar-refractivity contribution in [2.45, 2.75) is 5.69 Å². The van der Waals surface area contributed by atoms with Crippen molar-refractivity contribution in [1.29, 1.82) is 0 Å². The lowest BCUT2D eigenvalue weighted by Crippen LogP contribution is -2.26. The Morgan fingerprint density at radius 2 is 2.09 bits per heavy atom. The molecule has 1 aromatic heterocycles. The zero-order chi connectivity index (χ0) is 8.48. The van der Waals surface area contributed by atoms with E-state index < -0.39 is 5.69 Å². The lowest BCUT2D eigenvalue weighted by molar-refractivity contribution is -0.0943. The molecule has 11 heavy (non-hydrogen) atoms. The van der Waals surface area contributed by atoms with Crippen LogP contribution in [0.15, 0.2) is 22.8 Å². The maximum Gasteiger partial charge on any atom is 0.163 e. The average molecular weight is 214 g/mol. The molecule has 0 fully saturated rings. The Bertz CT molecular complexity index is 244. The van der Waals surface area contributed by atoms with Gasteiger partial charge in [0.15, 0.2) is 13.5 Å². The molecule has 0 unspecified atom stereocenters. The summed E-state index contributed by atoms with van der Waals surface area (Å²) in [6.45, 7) is 0. The van der Waals surface area contributed by atoms with Gasteiger partial charge in [-0.3, -0.25) is 4.98 Å². The van der Waals surface area contributed by atoms with E-state index in [1.165, 1.54) is 12.3 Å². The highest BCUT2D eigenvalue weighted by molar-refractivity contribution is 9.10. The van der Waals surface area contributed by atoms with Gasteiger partial charge in [0.2, 0.25) is 0 Å². The van der Waals surface area contributed by atoms with Gasteiger partial charge in [-0.05, 0) is 28.1 Å². The molecule has 1 heterocycles. The molecule has 5 heteroatoms. The summed E-state index contributed by atoms with van der Waals surface area (Å²) in [6.07, 6.45) is 1.43. The largest absolute Gasteiger partial charge is 0.369 e. The number of pyridine rings is 1. The highest BCUT2D eigenvalue weighted by Crippen LogP contribution is 2.13. The molecule has 2 radical (unpaired) electrons. The standard InChI is InChI=1S/C6H5BBrNO2/c7-6(10,11)5-2-1-4(8)3-9-5/h1-3,10-11H. The number of rotatable bonds is 1. The molecule has 0 aliphatic carbocycles. The third-order valence-electron chi connectivity index (χ3n) is 1.10. The van der Waals surface area contributed by atoms with E-state index in [0.717, 1.165) is 4.47 Å². The van der Waals surface area contributed by atoms with E-state index in [1.54, 1.807) is 6.07 Å². The Hall–Kier alpha value is -0.385. The summed E-state index contributed by atoms with van der Waals surface area (Å²) in [5, 5.41) is 17.7. The number of halogens is 1. The van der Waals surface area contributed by atoms with Crippen LogP contribution in [0.2, 0.25) is 0 Å². The minimum absolute atomic E-state index is 0.0145. The molecule has 3 nitrogen and oxygen atoms in total. The van der Waals surface area contributed by atoms with Crippen molar-refractivity contribution in [1.82, 2.24) is 4.98 Å². The summed E-state index contributed by atoms with van der Waals surface area (Å²) in [4.78, 5) is 3.68. The fourth-order valence-corrected chi connectivity index (χ4v) is 0.828. The van der Waals surface area contributed by atoms with Crippen LogP contribution < -0.4 is 0 Å². The minimum atomic E-state index is -2.35. The van der Waals surface area contributed by atoms with Crippen LogP contribution in [0.5, 0.6) is 0 Å². The molecule has 1 rings (SSSR count). The molecular weight excluding hydrogens is 209 g/mol. The van der Waals surface area contributed by atoms with Crippen LogP contribution in [0.1, 0.15) is 5.69 Å². The van der Waals surface area contributed by atoms with Crippen molar-refractivity contribution < 1.29 is 10.2 Å². The Morgan fingerprint density at radius 1 is 1.45 bits per heavy atom. The van der Waals surface area contributed by atoms with Crippen LogP contribution in [-0.4, -0.2) is 23.0 Å². The van der Waals surface area contributed by atoms with Gasteiger partial charge in [-0.15, -0.1) is 0 Å². The van der Waals surface area contributed by atoms with Gasteiger partial charge in [0.25, 0.3) is 0 Å². The molecular formula is C6H5BBrNO2. The predicted molar refractivity (Wildman–Crippen MR) is 43.8 cm³/mol. The van der Waals surface area contributed by atoms with Crippen molar-refractivity contribution in [3.8, 4) is 0 Å². The van der Waals surface area contributed by atoms with Gasteiger partial charge in [-0.2, -0.15) is 0 Å². The number of aliphatic hydroxyl groups is 2. The van der Waals surface area contributed by atoms with E-state index in [2.05, 4.69) is 20.9 Å². The van der Waals surface area contributed by atoms with Crippen LogP contribution in [0.25, 0.3) is 0 Å². The molecule has 56 valence electrons. The van der Waals surface area contributed by atoms with Crippen LogP contribution in [-0.2, 0) is 5.69 Å². The molecule has 0 spiro atoms.